The Morgan fingerprint density at radius 2 is 1.62 bits per heavy atom. The number of H-pyrrole nitrogens is 1. The third-order valence-electron chi connectivity index (χ3n) is 4.53. The van der Waals surface area contributed by atoms with Crippen molar-refractivity contribution >= 4 is 29.7 Å². The maximum absolute atomic E-state index is 12.9. The Balaban J connectivity index is 3.02. The Bertz CT molecular complexity index is 809. The second-order valence-corrected chi connectivity index (χ2v) is 7.69. The van der Waals surface area contributed by atoms with Gasteiger partial charge < -0.3 is 36.9 Å². The number of nitrogens with one attached hydrogen (secondary N) is 4. The van der Waals surface area contributed by atoms with E-state index in [0.717, 1.165) is 0 Å². The van der Waals surface area contributed by atoms with Crippen molar-refractivity contribution in [3.63, 3.8) is 0 Å². The molecule has 4 atom stereocenters. The SMILES string of the molecule is CC(N)C(=O)NC(C(=O)NC(Cc1cnc[nH]1)C(=O)NC(CCC(=O)O)C(=O)O)C(C)C. The molecule has 0 aliphatic heterocycles. The summed E-state index contributed by atoms with van der Waals surface area (Å²) in [7, 11) is 0. The number of carboxylic acid groups (broad SMARTS) is 2. The van der Waals surface area contributed by atoms with Crippen molar-refractivity contribution < 1.29 is 34.2 Å². The van der Waals surface area contributed by atoms with Crippen LogP contribution < -0.4 is 21.7 Å². The minimum atomic E-state index is -1.46. The number of aromatic nitrogens is 2. The van der Waals surface area contributed by atoms with Crippen molar-refractivity contribution in [3.05, 3.63) is 18.2 Å². The number of imidazole rings is 1. The van der Waals surface area contributed by atoms with Crippen LogP contribution in [0.4, 0.5) is 0 Å². The van der Waals surface area contributed by atoms with E-state index < -0.39 is 60.2 Å². The van der Waals surface area contributed by atoms with Gasteiger partial charge in [0.1, 0.15) is 18.1 Å². The van der Waals surface area contributed by atoms with Crippen LogP contribution in [-0.2, 0) is 30.4 Å². The van der Waals surface area contributed by atoms with E-state index >= 15 is 0 Å². The standard InChI is InChI=1S/C19H30N6O7/c1-9(2)15(25-16(28)10(3)20)18(30)24-13(6-11-7-21-8-22-11)17(29)23-12(19(31)32)4-5-14(26)27/h7-10,12-13,15H,4-6,20H2,1-3H3,(H,21,22)(H,23,29)(H,24,30)(H,25,28)(H,26,27)(H,31,32). The highest BCUT2D eigenvalue weighted by atomic mass is 16.4. The van der Waals surface area contributed by atoms with Gasteiger partial charge in [0, 0.05) is 24.7 Å². The number of nitrogens with zero attached hydrogens (tertiary/aromatic N) is 1. The third kappa shape index (κ3) is 8.71. The molecule has 0 saturated carbocycles. The summed E-state index contributed by atoms with van der Waals surface area (Å²) in [6.45, 7) is 4.85. The molecule has 0 aliphatic carbocycles. The molecule has 0 fully saturated rings. The van der Waals surface area contributed by atoms with Crippen LogP contribution in [0.2, 0.25) is 0 Å². The first kappa shape index (κ1) is 26.6. The summed E-state index contributed by atoms with van der Waals surface area (Å²) in [5.41, 5.74) is 6.03. The summed E-state index contributed by atoms with van der Waals surface area (Å²) < 4.78 is 0. The van der Waals surface area contributed by atoms with Gasteiger partial charge in [-0.15, -0.1) is 0 Å². The first-order chi connectivity index (χ1) is 14.9. The third-order valence-corrected chi connectivity index (χ3v) is 4.53. The molecule has 0 bridgehead atoms. The monoisotopic (exact) mass is 454 g/mol. The first-order valence-corrected chi connectivity index (χ1v) is 10.0. The largest absolute Gasteiger partial charge is 0.481 e. The zero-order chi connectivity index (χ0) is 24.4. The molecule has 8 N–H and O–H groups in total. The lowest BCUT2D eigenvalue weighted by Crippen LogP contribution is -2.58. The average molecular weight is 454 g/mol. The molecule has 0 aromatic carbocycles. The van der Waals surface area contributed by atoms with E-state index in [1.807, 2.05) is 0 Å². The first-order valence-electron chi connectivity index (χ1n) is 10.0. The van der Waals surface area contributed by atoms with Crippen molar-refractivity contribution in [1.29, 1.82) is 0 Å². The maximum atomic E-state index is 12.9. The average Bonchev–Trinajstić information content (AvgIpc) is 3.20. The van der Waals surface area contributed by atoms with Gasteiger partial charge >= 0.3 is 11.9 Å². The zero-order valence-electron chi connectivity index (χ0n) is 18.1. The molecule has 0 aliphatic rings. The summed E-state index contributed by atoms with van der Waals surface area (Å²) in [4.78, 5) is 66.4. The molecule has 4 unspecified atom stereocenters. The second kappa shape index (κ2) is 12.4. The van der Waals surface area contributed by atoms with Gasteiger partial charge in [0.05, 0.1) is 12.4 Å². The van der Waals surface area contributed by atoms with Crippen molar-refractivity contribution in [2.45, 2.75) is 64.2 Å². The number of carbonyl (C=O) groups excluding carboxylic acids is 3. The van der Waals surface area contributed by atoms with Crippen molar-refractivity contribution in [3.8, 4) is 0 Å². The van der Waals surface area contributed by atoms with Crippen LogP contribution in [0.1, 0.15) is 39.3 Å². The molecule has 13 nitrogen and oxygen atoms in total. The summed E-state index contributed by atoms with van der Waals surface area (Å²) in [6, 6.07) is -4.52. The van der Waals surface area contributed by atoms with Crippen molar-refractivity contribution in [2.24, 2.45) is 11.7 Å². The van der Waals surface area contributed by atoms with Gasteiger partial charge in [-0.3, -0.25) is 19.2 Å². The van der Waals surface area contributed by atoms with Crippen LogP contribution in [-0.4, -0.2) is 74.0 Å². The molecule has 32 heavy (non-hydrogen) atoms. The Labute approximate surface area is 184 Å². The lowest BCUT2D eigenvalue weighted by atomic mass is 10.0. The number of aliphatic carboxylic acids is 2. The molecule has 0 saturated heterocycles. The number of carbonyl (C=O) groups is 5. The second-order valence-electron chi connectivity index (χ2n) is 7.69. The lowest BCUT2D eigenvalue weighted by Gasteiger charge is -2.26. The summed E-state index contributed by atoms with van der Waals surface area (Å²) in [5, 5.41) is 25.4. The molecule has 0 radical (unpaired) electrons. The van der Waals surface area contributed by atoms with E-state index in [0.29, 0.717) is 5.69 Å². The van der Waals surface area contributed by atoms with Gasteiger partial charge in [-0.05, 0) is 19.3 Å². The van der Waals surface area contributed by atoms with E-state index in [-0.39, 0.29) is 18.8 Å². The van der Waals surface area contributed by atoms with Crippen LogP contribution in [0, 0.1) is 5.92 Å². The predicted molar refractivity (Wildman–Crippen MR) is 111 cm³/mol. The van der Waals surface area contributed by atoms with E-state index in [1.54, 1.807) is 13.8 Å². The number of amides is 3. The van der Waals surface area contributed by atoms with E-state index in [4.69, 9.17) is 10.8 Å². The minimum absolute atomic E-state index is 0.0467. The maximum Gasteiger partial charge on any atom is 0.326 e. The fraction of sp³-hybridized carbons (Fsp3) is 0.579. The molecule has 3 amide bonds. The molecular weight excluding hydrogens is 424 g/mol. The van der Waals surface area contributed by atoms with Crippen LogP contribution in [0.3, 0.4) is 0 Å². The Morgan fingerprint density at radius 1 is 1.00 bits per heavy atom. The Kier molecular flexibility index (Phi) is 10.3. The normalized spacial score (nSPS) is 14.7. The van der Waals surface area contributed by atoms with Gasteiger partial charge in [0.15, 0.2) is 0 Å². The smallest absolute Gasteiger partial charge is 0.326 e. The zero-order valence-corrected chi connectivity index (χ0v) is 18.1. The van der Waals surface area contributed by atoms with Gasteiger partial charge in [0.25, 0.3) is 0 Å². The minimum Gasteiger partial charge on any atom is -0.481 e. The van der Waals surface area contributed by atoms with Crippen LogP contribution in [0.15, 0.2) is 12.5 Å². The van der Waals surface area contributed by atoms with Gasteiger partial charge in [-0.25, -0.2) is 9.78 Å². The Morgan fingerprint density at radius 3 is 2.09 bits per heavy atom. The topological polar surface area (TPSA) is 217 Å². The Hall–Kier alpha value is -3.48. The molecule has 0 spiro atoms. The number of hydrogen-bond donors (Lipinski definition) is 7. The fourth-order valence-corrected chi connectivity index (χ4v) is 2.70. The van der Waals surface area contributed by atoms with Crippen LogP contribution in [0.5, 0.6) is 0 Å². The molecule has 13 heteroatoms. The lowest BCUT2D eigenvalue weighted by molar-refractivity contribution is -0.143. The van der Waals surface area contributed by atoms with E-state index in [2.05, 4.69) is 25.9 Å². The predicted octanol–water partition coefficient (Wildman–Crippen LogP) is -1.64. The summed E-state index contributed by atoms with van der Waals surface area (Å²) in [6.07, 6.45) is 1.96. The highest BCUT2D eigenvalue weighted by Gasteiger charge is 2.31. The number of nitrogens with two attached hydrogens (primary N) is 1. The van der Waals surface area contributed by atoms with Crippen LogP contribution in [0.25, 0.3) is 0 Å². The quantitative estimate of drug-likeness (QED) is 0.181. The van der Waals surface area contributed by atoms with Crippen LogP contribution >= 0.6 is 0 Å². The van der Waals surface area contributed by atoms with E-state index in [1.165, 1.54) is 19.4 Å². The fourth-order valence-electron chi connectivity index (χ4n) is 2.70. The molecule has 178 valence electrons. The number of rotatable bonds is 13. The highest BCUT2D eigenvalue weighted by Crippen LogP contribution is 2.07. The summed E-state index contributed by atoms with van der Waals surface area (Å²) >= 11 is 0. The van der Waals surface area contributed by atoms with Gasteiger partial charge in [-0.2, -0.15) is 0 Å². The number of aromatic amines is 1. The molecule has 1 rings (SSSR count). The molecule has 1 aromatic heterocycles. The van der Waals surface area contributed by atoms with E-state index in [9.17, 15) is 29.1 Å². The number of hydrogen-bond acceptors (Lipinski definition) is 7. The number of carboxylic acids is 2. The molecule has 1 aromatic rings. The van der Waals surface area contributed by atoms with Crippen molar-refractivity contribution in [2.75, 3.05) is 0 Å². The molecule has 1 heterocycles. The van der Waals surface area contributed by atoms with Gasteiger partial charge in [-0.1, -0.05) is 13.8 Å². The summed E-state index contributed by atoms with van der Waals surface area (Å²) in [5.74, 6) is -4.99. The van der Waals surface area contributed by atoms with Crippen molar-refractivity contribution in [1.82, 2.24) is 25.9 Å². The molecular formula is C19H30N6O7. The van der Waals surface area contributed by atoms with Gasteiger partial charge in [0.2, 0.25) is 17.7 Å². The highest BCUT2D eigenvalue weighted by molar-refractivity contribution is 5.94.